The first kappa shape index (κ1) is 22.2. The van der Waals surface area contributed by atoms with Gasteiger partial charge in [-0.3, -0.25) is 4.79 Å². The van der Waals surface area contributed by atoms with E-state index < -0.39 is 27.8 Å². The molecule has 31 heavy (non-hydrogen) atoms. The van der Waals surface area contributed by atoms with Gasteiger partial charge in [0.2, 0.25) is 5.91 Å². The molecule has 1 aliphatic heterocycles. The molecule has 1 aromatic carbocycles. The Bertz CT molecular complexity index is 1210. The minimum absolute atomic E-state index is 0.0120. The second-order valence-electron chi connectivity index (χ2n) is 7.41. The number of nitrogens with zero attached hydrogens (tertiary/aromatic N) is 3. The van der Waals surface area contributed by atoms with Crippen LogP contribution in [0.4, 0.5) is 5.82 Å². The summed E-state index contributed by atoms with van der Waals surface area (Å²) < 4.78 is 27.0. The molecule has 1 fully saturated rings. The topological polar surface area (TPSA) is 140 Å². The number of pyridine rings is 1. The van der Waals surface area contributed by atoms with E-state index >= 15 is 0 Å². The molecule has 0 saturated carbocycles. The van der Waals surface area contributed by atoms with E-state index in [1.54, 1.807) is 37.8 Å². The van der Waals surface area contributed by atoms with E-state index in [2.05, 4.69) is 9.71 Å². The molecule has 0 unspecified atom stereocenters. The van der Waals surface area contributed by atoms with Gasteiger partial charge in [0, 0.05) is 13.1 Å². The van der Waals surface area contributed by atoms with Crippen LogP contribution in [0.3, 0.4) is 0 Å². The predicted molar refractivity (Wildman–Crippen MR) is 112 cm³/mol. The first-order chi connectivity index (χ1) is 14.6. The number of aryl methyl sites for hydroxylation is 2. The van der Waals surface area contributed by atoms with Gasteiger partial charge in [-0.15, -0.1) is 0 Å². The normalized spacial score (nSPS) is 13.9. The van der Waals surface area contributed by atoms with E-state index in [1.165, 1.54) is 12.1 Å². The Labute approximate surface area is 180 Å². The van der Waals surface area contributed by atoms with Crippen LogP contribution in [0.15, 0.2) is 29.2 Å². The SMILES string of the molecule is CCc1c(C#N)c(N2CC(C(=O)NS(=O)(=O)c3cccc(C)c3)C2)nc(C)c1C(=O)O. The minimum atomic E-state index is -3.98. The Morgan fingerprint density at radius 3 is 2.55 bits per heavy atom. The van der Waals surface area contributed by atoms with Gasteiger partial charge in [-0.25, -0.2) is 22.9 Å². The molecule has 162 valence electrons. The molecule has 1 aliphatic rings. The minimum Gasteiger partial charge on any atom is -0.478 e. The summed E-state index contributed by atoms with van der Waals surface area (Å²) in [5.74, 6) is -2.07. The number of nitrogens with one attached hydrogen (secondary N) is 1. The standard InChI is InChI=1S/C21H22N4O5S/c1-4-16-17(9-22)19(23-13(3)18(16)21(27)28)25-10-14(11-25)20(26)24-31(29,30)15-7-5-6-12(2)8-15/h5-8,14H,4,10-11H2,1-3H3,(H,24,26)(H,27,28). The number of nitriles is 1. The molecule has 2 N–H and O–H groups in total. The third kappa shape index (κ3) is 4.22. The molecule has 10 heteroatoms. The van der Waals surface area contributed by atoms with Crippen LogP contribution in [0.5, 0.6) is 0 Å². The van der Waals surface area contributed by atoms with Crippen molar-refractivity contribution in [3.05, 3.63) is 52.2 Å². The van der Waals surface area contributed by atoms with E-state index in [0.29, 0.717) is 17.8 Å². The van der Waals surface area contributed by atoms with Crippen molar-refractivity contribution < 1.29 is 23.1 Å². The zero-order valence-electron chi connectivity index (χ0n) is 17.3. The maximum atomic E-state index is 12.5. The number of carboxylic acid groups (broad SMARTS) is 1. The van der Waals surface area contributed by atoms with E-state index in [9.17, 15) is 28.4 Å². The van der Waals surface area contributed by atoms with Crippen LogP contribution in [0.1, 0.15) is 39.7 Å². The van der Waals surface area contributed by atoms with Crippen LogP contribution in [0, 0.1) is 31.1 Å². The number of carboxylic acids is 1. The van der Waals surface area contributed by atoms with Crippen molar-refractivity contribution in [1.82, 2.24) is 9.71 Å². The number of aromatic nitrogens is 1. The zero-order chi connectivity index (χ0) is 22.9. The fourth-order valence-corrected chi connectivity index (χ4v) is 4.76. The van der Waals surface area contributed by atoms with Crippen molar-refractivity contribution in [1.29, 1.82) is 5.26 Å². The highest BCUT2D eigenvalue weighted by Gasteiger charge is 2.37. The highest BCUT2D eigenvalue weighted by atomic mass is 32.2. The second-order valence-corrected chi connectivity index (χ2v) is 9.09. The van der Waals surface area contributed by atoms with Gasteiger partial charge in [-0.1, -0.05) is 19.1 Å². The van der Waals surface area contributed by atoms with Crippen molar-refractivity contribution in [3.63, 3.8) is 0 Å². The third-order valence-corrected chi connectivity index (χ3v) is 6.57. The zero-order valence-corrected chi connectivity index (χ0v) is 18.2. The molecule has 2 heterocycles. The molecule has 2 aromatic rings. The number of benzene rings is 1. The van der Waals surface area contributed by atoms with Gasteiger partial charge in [-0.2, -0.15) is 5.26 Å². The number of anilines is 1. The highest BCUT2D eigenvalue weighted by molar-refractivity contribution is 7.90. The summed E-state index contributed by atoms with van der Waals surface area (Å²) in [5.41, 5.74) is 1.62. The van der Waals surface area contributed by atoms with Gasteiger partial charge in [-0.05, 0) is 43.5 Å². The third-order valence-electron chi connectivity index (χ3n) is 5.23. The number of amides is 1. The molecule has 0 atom stereocenters. The fraction of sp³-hybridized carbons (Fsp3) is 0.333. The van der Waals surface area contributed by atoms with Crippen molar-refractivity contribution in [2.75, 3.05) is 18.0 Å². The van der Waals surface area contributed by atoms with Crippen LogP contribution in [0.2, 0.25) is 0 Å². The van der Waals surface area contributed by atoms with Gasteiger partial charge in [0.05, 0.1) is 27.6 Å². The van der Waals surface area contributed by atoms with Crippen LogP contribution in [0.25, 0.3) is 0 Å². The Hall–Kier alpha value is -3.45. The Morgan fingerprint density at radius 1 is 1.32 bits per heavy atom. The van der Waals surface area contributed by atoms with Crippen molar-refractivity contribution in [2.24, 2.45) is 5.92 Å². The first-order valence-electron chi connectivity index (χ1n) is 9.64. The van der Waals surface area contributed by atoms with Gasteiger partial charge in [0.25, 0.3) is 10.0 Å². The number of hydrogen-bond acceptors (Lipinski definition) is 7. The summed E-state index contributed by atoms with van der Waals surface area (Å²) in [6.07, 6.45) is 0.341. The molecule has 0 aliphatic carbocycles. The van der Waals surface area contributed by atoms with E-state index in [1.807, 2.05) is 6.07 Å². The lowest BCUT2D eigenvalue weighted by Crippen LogP contribution is -2.55. The van der Waals surface area contributed by atoms with Crippen molar-refractivity contribution in [3.8, 4) is 6.07 Å². The summed E-state index contributed by atoms with van der Waals surface area (Å²) in [6, 6.07) is 8.28. The molecule has 0 radical (unpaired) electrons. The van der Waals surface area contributed by atoms with Crippen LogP contribution < -0.4 is 9.62 Å². The molecule has 0 spiro atoms. The lowest BCUT2D eigenvalue weighted by Gasteiger charge is -2.39. The number of carbonyl (C=O) groups excluding carboxylic acids is 1. The first-order valence-corrected chi connectivity index (χ1v) is 11.1. The Morgan fingerprint density at radius 2 is 2.00 bits per heavy atom. The number of sulfonamides is 1. The molecule has 9 nitrogen and oxygen atoms in total. The summed E-state index contributed by atoms with van der Waals surface area (Å²) >= 11 is 0. The van der Waals surface area contributed by atoms with Gasteiger partial charge in [0.1, 0.15) is 11.9 Å². The monoisotopic (exact) mass is 442 g/mol. The lowest BCUT2D eigenvalue weighted by molar-refractivity contribution is -0.123. The maximum absolute atomic E-state index is 12.5. The van der Waals surface area contributed by atoms with E-state index in [0.717, 1.165) is 5.56 Å². The predicted octanol–water partition coefficient (Wildman–Crippen LogP) is 1.77. The van der Waals surface area contributed by atoms with Crippen molar-refractivity contribution in [2.45, 2.75) is 32.1 Å². The largest absolute Gasteiger partial charge is 0.478 e. The lowest BCUT2D eigenvalue weighted by atomic mass is 9.95. The summed E-state index contributed by atoms with van der Waals surface area (Å²) in [4.78, 5) is 30.0. The molecular formula is C21H22N4O5S. The van der Waals surface area contributed by atoms with Gasteiger partial charge in [0.15, 0.2) is 0 Å². The van der Waals surface area contributed by atoms with Gasteiger partial charge < -0.3 is 10.0 Å². The summed E-state index contributed by atoms with van der Waals surface area (Å²) in [5, 5.41) is 19.1. The molecule has 1 amide bonds. The van der Waals surface area contributed by atoms with Gasteiger partial charge >= 0.3 is 5.97 Å². The fourth-order valence-electron chi connectivity index (χ4n) is 3.61. The van der Waals surface area contributed by atoms with Crippen LogP contribution in [-0.2, 0) is 21.2 Å². The highest BCUT2D eigenvalue weighted by Crippen LogP contribution is 2.31. The molecule has 0 bridgehead atoms. The quantitative estimate of drug-likeness (QED) is 0.690. The molecule has 1 saturated heterocycles. The number of aromatic carboxylic acids is 1. The van der Waals surface area contributed by atoms with E-state index in [4.69, 9.17) is 0 Å². The molecule has 3 rings (SSSR count). The van der Waals surface area contributed by atoms with Crippen molar-refractivity contribution >= 4 is 27.7 Å². The Balaban J connectivity index is 1.78. The number of carbonyl (C=O) groups is 2. The van der Waals surface area contributed by atoms with E-state index in [-0.39, 0.29) is 34.8 Å². The van der Waals surface area contributed by atoms with Crippen LogP contribution >= 0.6 is 0 Å². The molecule has 1 aromatic heterocycles. The summed E-state index contributed by atoms with van der Waals surface area (Å²) in [7, 11) is -3.98. The summed E-state index contributed by atoms with van der Waals surface area (Å²) in [6.45, 7) is 5.42. The average Bonchev–Trinajstić information content (AvgIpc) is 2.65. The maximum Gasteiger partial charge on any atom is 0.337 e. The number of rotatable bonds is 6. The average molecular weight is 442 g/mol. The second kappa shape index (κ2) is 8.35. The molecular weight excluding hydrogens is 420 g/mol. The Kier molecular flexibility index (Phi) is 5.99. The van der Waals surface area contributed by atoms with Crippen LogP contribution in [-0.4, -0.2) is 43.5 Å². The smallest absolute Gasteiger partial charge is 0.337 e. The number of hydrogen-bond donors (Lipinski definition) is 2.